The van der Waals surface area contributed by atoms with Gasteiger partial charge < -0.3 is 10.1 Å². The maximum Gasteiger partial charge on any atom is 0.407 e. The standard InChI is InChI=1S/C11H16BrN3O2/c1-11(2,3)17-10(16)13-5-4-9-14-6-8(12)7-15-9/h6-7H,4-5H2,1-3H3,(H,13,16). The van der Waals surface area contributed by atoms with Gasteiger partial charge >= 0.3 is 6.09 Å². The zero-order valence-corrected chi connectivity index (χ0v) is 11.7. The fourth-order valence-corrected chi connectivity index (χ4v) is 1.26. The molecule has 1 aromatic heterocycles. The zero-order chi connectivity index (χ0) is 12.9. The minimum atomic E-state index is -0.474. The van der Waals surface area contributed by atoms with Gasteiger partial charge in [-0.3, -0.25) is 0 Å². The van der Waals surface area contributed by atoms with Crippen LogP contribution < -0.4 is 5.32 Å². The van der Waals surface area contributed by atoms with Crippen LogP contribution in [0.25, 0.3) is 0 Å². The average Bonchev–Trinajstić information content (AvgIpc) is 2.18. The number of alkyl carbamates (subject to hydrolysis) is 1. The van der Waals surface area contributed by atoms with Crippen LogP contribution in [0.3, 0.4) is 0 Å². The van der Waals surface area contributed by atoms with E-state index in [9.17, 15) is 4.79 Å². The van der Waals surface area contributed by atoms with Gasteiger partial charge in [-0.05, 0) is 36.7 Å². The highest BCUT2D eigenvalue weighted by Crippen LogP contribution is 2.06. The molecule has 1 rings (SSSR count). The first-order valence-corrected chi connectivity index (χ1v) is 6.09. The number of aromatic nitrogens is 2. The predicted octanol–water partition coefficient (Wildman–Crippen LogP) is 2.31. The van der Waals surface area contributed by atoms with Gasteiger partial charge in [0, 0.05) is 25.4 Å². The summed E-state index contributed by atoms with van der Waals surface area (Å²) >= 11 is 3.26. The van der Waals surface area contributed by atoms with Gasteiger partial charge in [0.1, 0.15) is 11.4 Å². The van der Waals surface area contributed by atoms with Crippen LogP contribution >= 0.6 is 15.9 Å². The molecule has 1 N–H and O–H groups in total. The second kappa shape index (κ2) is 5.95. The number of carbonyl (C=O) groups excluding carboxylic acids is 1. The van der Waals surface area contributed by atoms with Crippen molar-refractivity contribution in [3.8, 4) is 0 Å². The van der Waals surface area contributed by atoms with Crippen LogP contribution in [0, 0.1) is 0 Å². The Morgan fingerprint density at radius 3 is 2.53 bits per heavy atom. The van der Waals surface area contributed by atoms with E-state index in [-0.39, 0.29) is 0 Å². The van der Waals surface area contributed by atoms with E-state index in [0.717, 1.165) is 4.47 Å². The second-order valence-electron chi connectivity index (χ2n) is 4.50. The minimum Gasteiger partial charge on any atom is -0.444 e. The molecule has 0 aromatic carbocycles. The molecule has 0 aliphatic heterocycles. The lowest BCUT2D eigenvalue weighted by Crippen LogP contribution is -2.33. The molecule has 94 valence electrons. The SMILES string of the molecule is CC(C)(C)OC(=O)NCCc1ncc(Br)cn1. The summed E-state index contributed by atoms with van der Waals surface area (Å²) in [6.45, 7) is 5.93. The van der Waals surface area contributed by atoms with Gasteiger partial charge in [0.05, 0.1) is 4.47 Å². The molecule has 0 unspecified atom stereocenters. The lowest BCUT2D eigenvalue weighted by molar-refractivity contribution is 0.0528. The van der Waals surface area contributed by atoms with E-state index in [4.69, 9.17) is 4.74 Å². The Kier molecular flexibility index (Phi) is 4.86. The number of carbonyl (C=O) groups is 1. The van der Waals surface area contributed by atoms with Gasteiger partial charge in [-0.15, -0.1) is 0 Å². The van der Waals surface area contributed by atoms with Crippen molar-refractivity contribution in [2.24, 2.45) is 0 Å². The first-order valence-electron chi connectivity index (χ1n) is 5.30. The average molecular weight is 302 g/mol. The Morgan fingerprint density at radius 2 is 2.00 bits per heavy atom. The number of rotatable bonds is 3. The summed E-state index contributed by atoms with van der Waals surface area (Å²) in [6.07, 6.45) is 3.51. The van der Waals surface area contributed by atoms with Gasteiger partial charge in [0.15, 0.2) is 0 Å². The summed E-state index contributed by atoms with van der Waals surface area (Å²) in [5.74, 6) is 0.684. The van der Waals surface area contributed by atoms with Crippen molar-refractivity contribution < 1.29 is 9.53 Å². The van der Waals surface area contributed by atoms with E-state index < -0.39 is 11.7 Å². The largest absolute Gasteiger partial charge is 0.444 e. The molecule has 0 spiro atoms. The van der Waals surface area contributed by atoms with E-state index >= 15 is 0 Å². The molecule has 1 aromatic rings. The molecule has 0 bridgehead atoms. The molecule has 5 nitrogen and oxygen atoms in total. The third-order valence-electron chi connectivity index (χ3n) is 1.69. The molecule has 17 heavy (non-hydrogen) atoms. The van der Waals surface area contributed by atoms with Crippen molar-refractivity contribution in [1.82, 2.24) is 15.3 Å². The minimum absolute atomic E-state index is 0.422. The molecular weight excluding hydrogens is 286 g/mol. The number of nitrogens with one attached hydrogen (secondary N) is 1. The van der Waals surface area contributed by atoms with E-state index in [0.29, 0.717) is 18.8 Å². The third-order valence-corrected chi connectivity index (χ3v) is 2.10. The van der Waals surface area contributed by atoms with Crippen molar-refractivity contribution in [1.29, 1.82) is 0 Å². The Bertz CT molecular complexity index is 373. The monoisotopic (exact) mass is 301 g/mol. The molecule has 0 saturated heterocycles. The van der Waals surface area contributed by atoms with E-state index in [2.05, 4.69) is 31.2 Å². The summed E-state index contributed by atoms with van der Waals surface area (Å²) < 4.78 is 5.93. The molecule has 0 aliphatic rings. The van der Waals surface area contributed by atoms with Gasteiger partial charge in [0.2, 0.25) is 0 Å². The van der Waals surface area contributed by atoms with Crippen LogP contribution in [0.2, 0.25) is 0 Å². The third kappa shape index (κ3) is 6.21. The number of hydrogen-bond donors (Lipinski definition) is 1. The van der Waals surface area contributed by atoms with Crippen molar-refractivity contribution in [3.05, 3.63) is 22.7 Å². The van der Waals surface area contributed by atoms with Crippen molar-refractivity contribution in [3.63, 3.8) is 0 Å². The zero-order valence-electron chi connectivity index (χ0n) is 10.2. The molecular formula is C11H16BrN3O2. The first kappa shape index (κ1) is 13.9. The summed E-state index contributed by atoms with van der Waals surface area (Å²) in [6, 6.07) is 0. The fraction of sp³-hybridized carbons (Fsp3) is 0.545. The highest BCUT2D eigenvalue weighted by molar-refractivity contribution is 9.10. The van der Waals surface area contributed by atoms with Gasteiger partial charge in [0.25, 0.3) is 0 Å². The van der Waals surface area contributed by atoms with Crippen LogP contribution in [0.1, 0.15) is 26.6 Å². The van der Waals surface area contributed by atoms with E-state index in [1.165, 1.54) is 0 Å². The highest BCUT2D eigenvalue weighted by atomic mass is 79.9. The highest BCUT2D eigenvalue weighted by Gasteiger charge is 2.15. The maximum atomic E-state index is 11.3. The van der Waals surface area contributed by atoms with Crippen LogP contribution in [-0.4, -0.2) is 28.2 Å². The summed E-state index contributed by atoms with van der Waals surface area (Å²) in [5.41, 5.74) is -0.474. The van der Waals surface area contributed by atoms with Crippen LogP contribution in [0.15, 0.2) is 16.9 Å². The van der Waals surface area contributed by atoms with Crippen molar-refractivity contribution >= 4 is 22.0 Å². The number of nitrogens with zero attached hydrogens (tertiary/aromatic N) is 2. The quantitative estimate of drug-likeness (QED) is 0.930. The van der Waals surface area contributed by atoms with E-state index in [1.807, 2.05) is 20.8 Å². The van der Waals surface area contributed by atoms with Crippen LogP contribution in [-0.2, 0) is 11.2 Å². The molecule has 0 aliphatic carbocycles. The number of ether oxygens (including phenoxy) is 1. The number of amides is 1. The maximum absolute atomic E-state index is 11.3. The summed E-state index contributed by atoms with van der Waals surface area (Å²) in [5, 5.41) is 2.65. The van der Waals surface area contributed by atoms with Gasteiger partial charge in [-0.2, -0.15) is 0 Å². The topological polar surface area (TPSA) is 64.1 Å². The molecule has 0 fully saturated rings. The molecule has 0 atom stereocenters. The Balaban J connectivity index is 2.28. The van der Waals surface area contributed by atoms with Crippen molar-refractivity contribution in [2.45, 2.75) is 32.8 Å². The Hall–Kier alpha value is -1.17. The summed E-state index contributed by atoms with van der Waals surface area (Å²) in [4.78, 5) is 19.5. The Labute approximate surface area is 109 Å². The fourth-order valence-electron chi connectivity index (χ4n) is 1.06. The number of hydrogen-bond acceptors (Lipinski definition) is 4. The predicted molar refractivity (Wildman–Crippen MR) is 67.7 cm³/mol. The molecule has 6 heteroatoms. The van der Waals surface area contributed by atoms with E-state index in [1.54, 1.807) is 12.4 Å². The van der Waals surface area contributed by atoms with Crippen molar-refractivity contribution in [2.75, 3.05) is 6.54 Å². The van der Waals surface area contributed by atoms with Crippen LogP contribution in [0.4, 0.5) is 4.79 Å². The van der Waals surface area contributed by atoms with Gasteiger partial charge in [-0.25, -0.2) is 14.8 Å². The first-order chi connectivity index (χ1) is 7.87. The molecule has 0 saturated carbocycles. The van der Waals surface area contributed by atoms with Gasteiger partial charge in [-0.1, -0.05) is 0 Å². The second-order valence-corrected chi connectivity index (χ2v) is 5.41. The summed E-state index contributed by atoms with van der Waals surface area (Å²) in [7, 11) is 0. The molecule has 1 heterocycles. The Morgan fingerprint density at radius 1 is 1.41 bits per heavy atom. The lowest BCUT2D eigenvalue weighted by atomic mass is 10.2. The van der Waals surface area contributed by atoms with Crippen LogP contribution in [0.5, 0.6) is 0 Å². The smallest absolute Gasteiger partial charge is 0.407 e. The lowest BCUT2D eigenvalue weighted by Gasteiger charge is -2.19. The number of halogens is 1. The normalized spacial score (nSPS) is 11.1. The molecule has 1 amide bonds. The molecule has 0 radical (unpaired) electrons.